The fraction of sp³-hybridized carbons (Fsp3) is 0.474. The number of hydrogen-bond acceptors (Lipinski definition) is 5. The molecule has 6 nitrogen and oxygen atoms in total. The molecule has 1 aliphatic heterocycles. The summed E-state index contributed by atoms with van der Waals surface area (Å²) in [5, 5.41) is 3.50. The number of aryl methyl sites for hydroxylation is 1. The largest absolute Gasteiger partial charge is 0.347 e. The van der Waals surface area contributed by atoms with Crippen molar-refractivity contribution in [2.75, 3.05) is 10.2 Å². The Balaban J connectivity index is 1.77. The van der Waals surface area contributed by atoms with E-state index in [1.165, 1.54) is 12.8 Å². The van der Waals surface area contributed by atoms with Crippen LogP contribution in [0, 0.1) is 18.8 Å². The van der Waals surface area contributed by atoms with Crippen LogP contribution in [0.3, 0.4) is 0 Å². The molecule has 1 fully saturated rings. The molecule has 25 heavy (non-hydrogen) atoms. The Kier molecular flexibility index (Phi) is 3.90. The van der Waals surface area contributed by atoms with Crippen LogP contribution in [0.2, 0.25) is 0 Å². The predicted molar refractivity (Wildman–Crippen MR) is 96.2 cm³/mol. The smallest absolute Gasteiger partial charge is 0.224 e. The first-order valence-electron chi connectivity index (χ1n) is 8.86. The number of carbonyl (C=O) groups excluding carboxylic acids is 1. The lowest BCUT2D eigenvalue weighted by molar-refractivity contribution is -0.117. The zero-order valence-electron chi connectivity index (χ0n) is 14.8. The molecule has 0 radical (unpaired) electrons. The number of amides is 1. The van der Waals surface area contributed by atoms with Crippen LogP contribution in [-0.4, -0.2) is 26.9 Å². The van der Waals surface area contributed by atoms with E-state index < -0.39 is 0 Å². The third-order valence-electron chi connectivity index (χ3n) is 5.31. The zero-order chi connectivity index (χ0) is 17.6. The van der Waals surface area contributed by atoms with Crippen molar-refractivity contribution < 1.29 is 4.79 Å². The Labute approximate surface area is 147 Å². The van der Waals surface area contributed by atoms with Crippen LogP contribution in [0.15, 0.2) is 30.7 Å². The number of nitrogens with one attached hydrogen (secondary N) is 1. The van der Waals surface area contributed by atoms with Crippen molar-refractivity contribution in [3.8, 4) is 0 Å². The van der Waals surface area contributed by atoms with Crippen LogP contribution in [0.25, 0.3) is 0 Å². The second-order valence-electron chi connectivity index (χ2n) is 7.15. The summed E-state index contributed by atoms with van der Waals surface area (Å²) in [7, 11) is 0. The molecule has 4 rings (SSSR count). The van der Waals surface area contributed by atoms with Crippen LogP contribution in [0.1, 0.15) is 44.0 Å². The maximum Gasteiger partial charge on any atom is 0.224 e. The fourth-order valence-corrected chi connectivity index (χ4v) is 4.06. The number of pyridine rings is 1. The summed E-state index contributed by atoms with van der Waals surface area (Å²) < 4.78 is 0. The minimum absolute atomic E-state index is 0.0340. The van der Waals surface area contributed by atoms with Gasteiger partial charge in [0.2, 0.25) is 11.9 Å². The molecule has 0 spiro atoms. The molecule has 3 heterocycles. The Morgan fingerprint density at radius 1 is 1.28 bits per heavy atom. The molecule has 0 aromatic carbocycles. The molecule has 2 aliphatic rings. The zero-order valence-corrected chi connectivity index (χ0v) is 14.8. The maximum absolute atomic E-state index is 12.4. The molecule has 1 saturated carbocycles. The minimum Gasteiger partial charge on any atom is -0.347 e. The summed E-state index contributed by atoms with van der Waals surface area (Å²) in [6.45, 7) is 5.82. The lowest BCUT2D eigenvalue weighted by atomic mass is 9.80. The van der Waals surface area contributed by atoms with E-state index in [2.05, 4.69) is 27.2 Å². The van der Waals surface area contributed by atoms with Gasteiger partial charge in [-0.1, -0.05) is 6.92 Å². The SMILES string of the molecule is CC(=O)N1c2ccncc2C(Nc2nccc(C)n2)C(C)C1C1CC1. The van der Waals surface area contributed by atoms with Gasteiger partial charge in [0.15, 0.2) is 0 Å². The average molecular weight is 337 g/mol. The van der Waals surface area contributed by atoms with Crippen LogP contribution in [-0.2, 0) is 4.79 Å². The third-order valence-corrected chi connectivity index (χ3v) is 5.31. The van der Waals surface area contributed by atoms with Gasteiger partial charge in [0, 0.05) is 48.7 Å². The number of anilines is 2. The quantitative estimate of drug-likeness (QED) is 0.932. The highest BCUT2D eigenvalue weighted by Gasteiger charge is 2.47. The molecule has 2 aromatic heterocycles. The first-order chi connectivity index (χ1) is 12.1. The normalized spacial score (nSPS) is 25.4. The molecule has 0 bridgehead atoms. The highest BCUT2D eigenvalue weighted by Crippen LogP contribution is 2.49. The Hall–Kier alpha value is -2.50. The van der Waals surface area contributed by atoms with Crippen molar-refractivity contribution >= 4 is 17.5 Å². The van der Waals surface area contributed by atoms with Gasteiger partial charge in [-0.3, -0.25) is 9.78 Å². The van der Waals surface area contributed by atoms with E-state index in [1.807, 2.05) is 30.2 Å². The Bertz CT molecular complexity index is 804. The molecule has 6 heteroatoms. The van der Waals surface area contributed by atoms with Crippen LogP contribution in [0.5, 0.6) is 0 Å². The van der Waals surface area contributed by atoms with Crippen LogP contribution >= 0.6 is 0 Å². The first-order valence-corrected chi connectivity index (χ1v) is 8.86. The van der Waals surface area contributed by atoms with E-state index >= 15 is 0 Å². The van der Waals surface area contributed by atoms with E-state index in [1.54, 1.807) is 19.3 Å². The van der Waals surface area contributed by atoms with Gasteiger partial charge in [-0.05, 0) is 37.8 Å². The van der Waals surface area contributed by atoms with Gasteiger partial charge in [0.05, 0.1) is 11.7 Å². The highest BCUT2D eigenvalue weighted by molar-refractivity contribution is 5.94. The van der Waals surface area contributed by atoms with Crippen molar-refractivity contribution in [2.24, 2.45) is 11.8 Å². The van der Waals surface area contributed by atoms with Crippen molar-refractivity contribution in [3.05, 3.63) is 42.0 Å². The Morgan fingerprint density at radius 3 is 2.76 bits per heavy atom. The van der Waals surface area contributed by atoms with Crippen molar-refractivity contribution in [2.45, 2.75) is 45.7 Å². The molecule has 1 N–H and O–H groups in total. The number of aromatic nitrogens is 3. The molecule has 0 saturated heterocycles. The summed E-state index contributed by atoms with van der Waals surface area (Å²) in [4.78, 5) is 27.6. The molecule has 3 atom stereocenters. The standard InChI is InChI=1S/C19H23N5O/c1-11-6-9-21-19(22-11)23-17-12(2)18(14-4-5-14)24(13(3)25)16-7-8-20-10-15(16)17/h6-10,12,14,17-18H,4-5H2,1-3H3,(H,21,22,23). The summed E-state index contributed by atoms with van der Waals surface area (Å²) in [6, 6.07) is 4.07. The number of hydrogen-bond donors (Lipinski definition) is 1. The molecule has 3 unspecified atom stereocenters. The number of nitrogens with zero attached hydrogens (tertiary/aromatic N) is 4. The molecule has 1 aliphatic carbocycles. The van der Waals surface area contributed by atoms with Gasteiger partial charge < -0.3 is 10.2 Å². The van der Waals surface area contributed by atoms with Crippen molar-refractivity contribution in [1.29, 1.82) is 0 Å². The Morgan fingerprint density at radius 2 is 2.08 bits per heavy atom. The number of fused-ring (bicyclic) bond motifs is 1. The molecule has 2 aromatic rings. The van der Waals surface area contributed by atoms with Gasteiger partial charge >= 0.3 is 0 Å². The van der Waals surface area contributed by atoms with E-state index in [9.17, 15) is 4.79 Å². The third kappa shape index (κ3) is 2.86. The lowest BCUT2D eigenvalue weighted by Gasteiger charge is -2.45. The topological polar surface area (TPSA) is 71.0 Å². The summed E-state index contributed by atoms with van der Waals surface area (Å²) >= 11 is 0. The van der Waals surface area contributed by atoms with E-state index in [0.717, 1.165) is 16.9 Å². The monoisotopic (exact) mass is 337 g/mol. The fourth-order valence-electron chi connectivity index (χ4n) is 4.06. The second kappa shape index (κ2) is 6.10. The second-order valence-corrected chi connectivity index (χ2v) is 7.15. The molecule has 130 valence electrons. The van der Waals surface area contributed by atoms with Crippen molar-refractivity contribution in [3.63, 3.8) is 0 Å². The molecular weight excluding hydrogens is 314 g/mol. The summed E-state index contributed by atoms with van der Waals surface area (Å²) in [5.41, 5.74) is 2.92. The van der Waals surface area contributed by atoms with E-state index in [0.29, 0.717) is 11.9 Å². The molecule has 1 amide bonds. The number of rotatable bonds is 3. The predicted octanol–water partition coefficient (Wildman–Crippen LogP) is 3.11. The van der Waals surface area contributed by atoms with E-state index in [4.69, 9.17) is 0 Å². The van der Waals surface area contributed by atoms with Gasteiger partial charge in [-0.25, -0.2) is 9.97 Å². The van der Waals surface area contributed by atoms with E-state index in [-0.39, 0.29) is 23.9 Å². The van der Waals surface area contributed by atoms with Crippen LogP contribution in [0.4, 0.5) is 11.6 Å². The van der Waals surface area contributed by atoms with Gasteiger partial charge in [0.25, 0.3) is 0 Å². The van der Waals surface area contributed by atoms with Crippen molar-refractivity contribution in [1.82, 2.24) is 15.0 Å². The minimum atomic E-state index is 0.0340. The van der Waals surface area contributed by atoms with Gasteiger partial charge in [0.1, 0.15) is 0 Å². The summed E-state index contributed by atoms with van der Waals surface area (Å²) in [5.74, 6) is 1.54. The lowest BCUT2D eigenvalue weighted by Crippen LogP contribution is -2.51. The molecular formula is C19H23N5O. The number of carbonyl (C=O) groups is 1. The van der Waals surface area contributed by atoms with Crippen LogP contribution < -0.4 is 10.2 Å². The first kappa shape index (κ1) is 16.0. The maximum atomic E-state index is 12.4. The average Bonchev–Trinajstić information content (AvgIpc) is 3.41. The van der Waals surface area contributed by atoms with Gasteiger partial charge in [-0.2, -0.15) is 0 Å². The van der Waals surface area contributed by atoms with Gasteiger partial charge in [-0.15, -0.1) is 0 Å². The highest BCUT2D eigenvalue weighted by atomic mass is 16.2. The summed E-state index contributed by atoms with van der Waals surface area (Å²) in [6.07, 6.45) is 7.76.